The molecule has 0 bridgehead atoms. The number of hydrogen-bond acceptors (Lipinski definition) is 3. The topological polar surface area (TPSA) is 78.2 Å². The van der Waals surface area contributed by atoms with Crippen LogP contribution in [0, 0.1) is 11.3 Å². The van der Waals surface area contributed by atoms with E-state index in [2.05, 4.69) is 15.9 Å². The standard InChI is InChI=1S/C12H10BrNO3/c1-7(15)12(13)10-3-2-8(6-14)4-9(10)5-11(16)17/h2-4,12H,5H2,1H3,(H,16,17). The molecule has 1 aromatic rings. The summed E-state index contributed by atoms with van der Waals surface area (Å²) in [7, 11) is 0. The highest BCUT2D eigenvalue weighted by Crippen LogP contribution is 2.28. The number of carbonyl (C=O) groups is 2. The van der Waals surface area contributed by atoms with E-state index in [0.29, 0.717) is 16.7 Å². The quantitative estimate of drug-likeness (QED) is 0.864. The lowest BCUT2D eigenvalue weighted by atomic mass is 9.98. The van der Waals surface area contributed by atoms with Crippen molar-refractivity contribution in [3.05, 3.63) is 34.9 Å². The first-order chi connectivity index (χ1) is 7.95. The van der Waals surface area contributed by atoms with Crippen LogP contribution in [-0.4, -0.2) is 16.9 Å². The molecule has 1 unspecified atom stereocenters. The number of nitrogens with zero attached hydrogens (tertiary/aromatic N) is 1. The molecule has 88 valence electrons. The maximum Gasteiger partial charge on any atom is 0.307 e. The molecule has 0 heterocycles. The maximum absolute atomic E-state index is 11.3. The fourth-order valence-corrected chi connectivity index (χ4v) is 1.90. The van der Waals surface area contributed by atoms with Gasteiger partial charge < -0.3 is 5.11 Å². The van der Waals surface area contributed by atoms with Gasteiger partial charge in [0.25, 0.3) is 0 Å². The van der Waals surface area contributed by atoms with Gasteiger partial charge in [0.15, 0.2) is 0 Å². The number of benzene rings is 1. The minimum Gasteiger partial charge on any atom is -0.481 e. The highest BCUT2D eigenvalue weighted by molar-refractivity contribution is 9.09. The van der Waals surface area contributed by atoms with Crippen molar-refractivity contribution in [2.45, 2.75) is 18.2 Å². The Morgan fingerprint density at radius 3 is 2.65 bits per heavy atom. The number of alkyl halides is 1. The van der Waals surface area contributed by atoms with Crippen LogP contribution in [0.2, 0.25) is 0 Å². The van der Waals surface area contributed by atoms with Crippen molar-refractivity contribution in [3.63, 3.8) is 0 Å². The Balaban J connectivity index is 3.24. The normalized spacial score (nSPS) is 11.6. The predicted octanol–water partition coefficient (Wildman–Crippen LogP) is 2.21. The third-order valence-electron chi connectivity index (χ3n) is 2.24. The second kappa shape index (κ2) is 5.60. The summed E-state index contributed by atoms with van der Waals surface area (Å²) in [5.41, 5.74) is 1.46. The second-order valence-corrected chi connectivity index (χ2v) is 4.48. The molecule has 1 N–H and O–H groups in total. The van der Waals surface area contributed by atoms with Gasteiger partial charge in [0, 0.05) is 0 Å². The molecule has 0 amide bonds. The summed E-state index contributed by atoms with van der Waals surface area (Å²) in [4.78, 5) is 21.5. The van der Waals surface area contributed by atoms with E-state index in [1.807, 2.05) is 6.07 Å². The molecule has 0 fully saturated rings. The lowest BCUT2D eigenvalue weighted by Gasteiger charge is -2.11. The summed E-state index contributed by atoms with van der Waals surface area (Å²) in [6.07, 6.45) is -0.208. The zero-order valence-corrected chi connectivity index (χ0v) is 10.7. The first-order valence-corrected chi connectivity index (χ1v) is 5.76. The second-order valence-electron chi connectivity index (χ2n) is 3.57. The summed E-state index contributed by atoms with van der Waals surface area (Å²) in [6, 6.07) is 6.62. The van der Waals surface area contributed by atoms with Gasteiger partial charge in [-0.2, -0.15) is 5.26 Å². The molecule has 4 nitrogen and oxygen atoms in total. The van der Waals surface area contributed by atoms with Crippen molar-refractivity contribution in [2.75, 3.05) is 0 Å². The lowest BCUT2D eigenvalue weighted by molar-refractivity contribution is -0.136. The van der Waals surface area contributed by atoms with Crippen molar-refractivity contribution >= 4 is 27.7 Å². The molecule has 0 radical (unpaired) electrons. The first kappa shape index (κ1) is 13.4. The predicted molar refractivity (Wildman–Crippen MR) is 64.8 cm³/mol. The van der Waals surface area contributed by atoms with Crippen LogP contribution in [0.15, 0.2) is 18.2 Å². The SMILES string of the molecule is CC(=O)C(Br)c1ccc(C#N)cc1CC(=O)O. The number of hydrogen-bond donors (Lipinski definition) is 1. The van der Waals surface area contributed by atoms with E-state index >= 15 is 0 Å². The Hall–Kier alpha value is -1.67. The van der Waals surface area contributed by atoms with Gasteiger partial charge in [-0.3, -0.25) is 9.59 Å². The number of Topliss-reactive ketones (excluding diaryl/α,β-unsaturated/α-hetero) is 1. The van der Waals surface area contributed by atoms with Gasteiger partial charge in [0.1, 0.15) is 5.78 Å². The minimum absolute atomic E-state index is 0.110. The number of aliphatic carboxylic acids is 1. The molecule has 5 heteroatoms. The Morgan fingerprint density at radius 1 is 1.53 bits per heavy atom. The van der Waals surface area contributed by atoms with E-state index in [-0.39, 0.29) is 12.2 Å². The molecule has 0 aliphatic heterocycles. The fourth-order valence-electron chi connectivity index (χ4n) is 1.46. The van der Waals surface area contributed by atoms with Gasteiger partial charge >= 0.3 is 5.97 Å². The molecule has 0 aliphatic rings. The van der Waals surface area contributed by atoms with Crippen LogP contribution in [0.5, 0.6) is 0 Å². The van der Waals surface area contributed by atoms with Crippen molar-refractivity contribution in [3.8, 4) is 6.07 Å². The lowest BCUT2D eigenvalue weighted by Crippen LogP contribution is -2.09. The van der Waals surface area contributed by atoms with Gasteiger partial charge in [-0.05, 0) is 30.2 Å². The zero-order chi connectivity index (χ0) is 13.0. The number of nitriles is 1. The number of ketones is 1. The van der Waals surface area contributed by atoms with Gasteiger partial charge in [-0.25, -0.2) is 0 Å². The summed E-state index contributed by atoms with van der Waals surface area (Å²) < 4.78 is 0. The molecule has 1 atom stereocenters. The average molecular weight is 296 g/mol. The molecule has 17 heavy (non-hydrogen) atoms. The van der Waals surface area contributed by atoms with E-state index in [1.54, 1.807) is 12.1 Å². The van der Waals surface area contributed by atoms with Gasteiger partial charge in [-0.1, -0.05) is 22.0 Å². The molecule has 0 spiro atoms. The van der Waals surface area contributed by atoms with Gasteiger partial charge in [0.05, 0.1) is 22.9 Å². The van der Waals surface area contributed by atoms with Crippen LogP contribution in [-0.2, 0) is 16.0 Å². The third-order valence-corrected chi connectivity index (χ3v) is 3.38. The van der Waals surface area contributed by atoms with E-state index in [9.17, 15) is 9.59 Å². The summed E-state index contributed by atoms with van der Waals surface area (Å²) >= 11 is 3.21. The number of carbonyl (C=O) groups excluding carboxylic acids is 1. The zero-order valence-electron chi connectivity index (χ0n) is 9.11. The Bertz CT molecular complexity index is 505. The molecular formula is C12H10BrNO3. The van der Waals surface area contributed by atoms with E-state index < -0.39 is 10.8 Å². The van der Waals surface area contributed by atoms with E-state index in [1.165, 1.54) is 13.0 Å². The van der Waals surface area contributed by atoms with Crippen molar-refractivity contribution < 1.29 is 14.7 Å². The van der Waals surface area contributed by atoms with E-state index in [0.717, 1.165) is 0 Å². The monoisotopic (exact) mass is 295 g/mol. The van der Waals surface area contributed by atoms with Crippen LogP contribution in [0.4, 0.5) is 0 Å². The summed E-state index contributed by atoms with van der Waals surface area (Å²) in [5.74, 6) is -1.11. The number of carboxylic acids is 1. The molecule has 1 aromatic carbocycles. The average Bonchev–Trinajstić information content (AvgIpc) is 2.27. The third kappa shape index (κ3) is 3.40. The highest BCUT2D eigenvalue weighted by atomic mass is 79.9. The largest absolute Gasteiger partial charge is 0.481 e. The Kier molecular flexibility index (Phi) is 4.41. The highest BCUT2D eigenvalue weighted by Gasteiger charge is 2.18. The van der Waals surface area contributed by atoms with Crippen LogP contribution >= 0.6 is 15.9 Å². The molecule has 0 aliphatic carbocycles. The summed E-state index contributed by atoms with van der Waals surface area (Å²) in [5, 5.41) is 17.6. The molecule has 1 rings (SSSR count). The van der Waals surface area contributed by atoms with Crippen molar-refractivity contribution in [1.82, 2.24) is 0 Å². The molecule has 0 saturated carbocycles. The van der Waals surface area contributed by atoms with Crippen molar-refractivity contribution in [1.29, 1.82) is 5.26 Å². The van der Waals surface area contributed by atoms with Crippen LogP contribution in [0.3, 0.4) is 0 Å². The Morgan fingerprint density at radius 2 is 2.18 bits per heavy atom. The van der Waals surface area contributed by atoms with E-state index in [4.69, 9.17) is 10.4 Å². The smallest absolute Gasteiger partial charge is 0.307 e. The van der Waals surface area contributed by atoms with Gasteiger partial charge in [0.2, 0.25) is 0 Å². The number of halogens is 1. The first-order valence-electron chi connectivity index (χ1n) is 4.85. The fraction of sp³-hybridized carbons (Fsp3) is 0.250. The number of rotatable bonds is 4. The molecule has 0 aromatic heterocycles. The van der Waals surface area contributed by atoms with Crippen LogP contribution < -0.4 is 0 Å². The Labute approximate surface area is 107 Å². The van der Waals surface area contributed by atoms with Crippen LogP contribution in [0.25, 0.3) is 0 Å². The molecule has 0 saturated heterocycles. The van der Waals surface area contributed by atoms with Gasteiger partial charge in [-0.15, -0.1) is 0 Å². The minimum atomic E-state index is -0.996. The molecular weight excluding hydrogens is 286 g/mol. The maximum atomic E-state index is 11.3. The van der Waals surface area contributed by atoms with Crippen molar-refractivity contribution in [2.24, 2.45) is 0 Å². The number of carboxylic acid groups (broad SMARTS) is 1. The summed E-state index contributed by atoms with van der Waals surface area (Å²) in [6.45, 7) is 1.42. The van der Waals surface area contributed by atoms with Crippen LogP contribution in [0.1, 0.15) is 28.4 Å².